The number of fused-ring (bicyclic) bond motifs is 1. The minimum Gasteiger partial charge on any atom is -0.457 e. The van der Waals surface area contributed by atoms with E-state index in [0.717, 1.165) is 40.9 Å². The van der Waals surface area contributed by atoms with Crippen molar-refractivity contribution in [1.82, 2.24) is 25.2 Å². The Balaban J connectivity index is 1.54. The van der Waals surface area contributed by atoms with Gasteiger partial charge in [-0.1, -0.05) is 43.3 Å². The number of rotatable bonds is 8. The molecule has 2 heterocycles. The number of thioether (sulfide) groups is 1. The van der Waals surface area contributed by atoms with E-state index in [1.165, 1.54) is 11.8 Å². The highest BCUT2D eigenvalue weighted by Crippen LogP contribution is 2.23. The van der Waals surface area contributed by atoms with Gasteiger partial charge in [-0.25, -0.2) is 9.67 Å². The normalized spacial score (nSPS) is 11.0. The number of unbranched alkanes of at least 4 members (excludes halogenated alkanes) is 1. The third-order valence-corrected chi connectivity index (χ3v) is 4.81. The molecule has 1 aromatic carbocycles. The lowest BCUT2D eigenvalue weighted by atomic mass is 10.1. The molecular formula is C18H21N5O2S. The van der Waals surface area contributed by atoms with Gasteiger partial charge in [0, 0.05) is 11.9 Å². The van der Waals surface area contributed by atoms with Gasteiger partial charge in [-0.15, -0.1) is 5.10 Å². The van der Waals surface area contributed by atoms with E-state index in [1.807, 2.05) is 37.3 Å². The SMILES string of the molecule is CCCCn1nnnc1COC(=O)CSc1cc(C)c2ccccc2n1. The Kier molecular flexibility index (Phi) is 6.17. The summed E-state index contributed by atoms with van der Waals surface area (Å²) in [7, 11) is 0. The van der Waals surface area contributed by atoms with Crippen LogP contribution in [0.1, 0.15) is 31.2 Å². The van der Waals surface area contributed by atoms with Crippen molar-refractivity contribution in [3.05, 3.63) is 41.7 Å². The average Bonchev–Trinajstić information content (AvgIpc) is 3.10. The molecule has 3 rings (SSSR count). The summed E-state index contributed by atoms with van der Waals surface area (Å²) in [4.78, 5) is 16.6. The van der Waals surface area contributed by atoms with Crippen LogP contribution in [0.15, 0.2) is 35.4 Å². The summed E-state index contributed by atoms with van der Waals surface area (Å²) < 4.78 is 6.97. The van der Waals surface area contributed by atoms with Crippen molar-refractivity contribution >= 4 is 28.6 Å². The molecule has 0 saturated carbocycles. The van der Waals surface area contributed by atoms with Crippen LogP contribution in [0.3, 0.4) is 0 Å². The third-order valence-electron chi connectivity index (χ3n) is 3.93. The fourth-order valence-corrected chi connectivity index (χ4v) is 3.29. The maximum atomic E-state index is 12.0. The minimum atomic E-state index is -0.312. The fourth-order valence-electron chi connectivity index (χ4n) is 2.52. The van der Waals surface area contributed by atoms with E-state index in [1.54, 1.807) is 4.68 Å². The minimum absolute atomic E-state index is 0.0836. The predicted molar refractivity (Wildman–Crippen MR) is 99.7 cm³/mol. The zero-order valence-electron chi connectivity index (χ0n) is 14.9. The van der Waals surface area contributed by atoms with Crippen LogP contribution >= 0.6 is 11.8 Å². The van der Waals surface area contributed by atoms with Crippen molar-refractivity contribution in [3.8, 4) is 0 Å². The van der Waals surface area contributed by atoms with E-state index in [2.05, 4.69) is 27.4 Å². The van der Waals surface area contributed by atoms with Gasteiger partial charge in [0.15, 0.2) is 12.4 Å². The van der Waals surface area contributed by atoms with Gasteiger partial charge in [0.2, 0.25) is 0 Å². The number of hydrogen-bond acceptors (Lipinski definition) is 7. The standard InChI is InChI=1S/C18H21N5O2S/c1-3-4-9-23-16(20-21-22-23)11-25-18(24)12-26-17-10-13(2)14-7-5-6-8-15(14)19-17/h5-8,10H,3-4,9,11-12H2,1-2H3. The van der Waals surface area contributed by atoms with Gasteiger partial charge in [-0.2, -0.15) is 0 Å². The molecule has 0 spiro atoms. The van der Waals surface area contributed by atoms with E-state index < -0.39 is 0 Å². The summed E-state index contributed by atoms with van der Waals surface area (Å²) >= 11 is 1.37. The van der Waals surface area contributed by atoms with Gasteiger partial charge in [0.05, 0.1) is 16.3 Å². The molecule has 0 amide bonds. The highest BCUT2D eigenvalue weighted by molar-refractivity contribution is 7.99. The van der Waals surface area contributed by atoms with Gasteiger partial charge >= 0.3 is 5.97 Å². The topological polar surface area (TPSA) is 82.8 Å². The van der Waals surface area contributed by atoms with Crippen molar-refractivity contribution in [2.24, 2.45) is 0 Å². The molecule has 0 bridgehead atoms. The van der Waals surface area contributed by atoms with Crippen molar-refractivity contribution in [2.75, 3.05) is 5.75 Å². The molecule has 3 aromatic rings. The smallest absolute Gasteiger partial charge is 0.316 e. The average molecular weight is 371 g/mol. The summed E-state index contributed by atoms with van der Waals surface area (Å²) in [5.74, 6) is 0.450. The van der Waals surface area contributed by atoms with Gasteiger partial charge in [0.25, 0.3) is 0 Å². The van der Waals surface area contributed by atoms with Crippen molar-refractivity contribution < 1.29 is 9.53 Å². The van der Waals surface area contributed by atoms with Crippen LogP contribution in [0.5, 0.6) is 0 Å². The highest BCUT2D eigenvalue weighted by atomic mass is 32.2. The summed E-state index contributed by atoms with van der Waals surface area (Å²) in [5.41, 5.74) is 2.07. The highest BCUT2D eigenvalue weighted by Gasteiger charge is 2.11. The van der Waals surface area contributed by atoms with Crippen LogP contribution < -0.4 is 0 Å². The number of esters is 1. The Hall–Kier alpha value is -2.48. The fraction of sp³-hybridized carbons (Fsp3) is 0.389. The first-order chi connectivity index (χ1) is 12.7. The number of ether oxygens (including phenoxy) is 1. The van der Waals surface area contributed by atoms with Crippen molar-refractivity contribution in [2.45, 2.75) is 44.9 Å². The number of para-hydroxylation sites is 1. The molecule has 26 heavy (non-hydrogen) atoms. The van der Waals surface area contributed by atoms with Gasteiger partial charge in [-0.3, -0.25) is 4.79 Å². The van der Waals surface area contributed by atoms with Crippen LogP contribution in [0.2, 0.25) is 0 Å². The number of pyridine rings is 1. The summed E-state index contributed by atoms with van der Waals surface area (Å²) in [6.45, 7) is 4.96. The molecule has 8 heteroatoms. The monoisotopic (exact) mass is 371 g/mol. The molecule has 0 aliphatic heterocycles. The number of carbonyl (C=O) groups excluding carboxylic acids is 1. The molecule has 0 fully saturated rings. The number of carbonyl (C=O) groups is 1. The lowest BCUT2D eigenvalue weighted by Crippen LogP contribution is -2.12. The number of hydrogen-bond donors (Lipinski definition) is 0. The molecule has 0 unspecified atom stereocenters. The molecule has 0 saturated heterocycles. The lowest BCUT2D eigenvalue weighted by molar-refractivity contribution is -0.142. The maximum absolute atomic E-state index is 12.0. The van der Waals surface area contributed by atoms with Crippen LogP contribution in [0, 0.1) is 6.92 Å². The lowest BCUT2D eigenvalue weighted by Gasteiger charge is -2.07. The zero-order valence-corrected chi connectivity index (χ0v) is 15.7. The molecule has 0 aliphatic rings. The van der Waals surface area contributed by atoms with Crippen LogP contribution in [-0.2, 0) is 22.7 Å². The predicted octanol–water partition coefficient (Wildman–Crippen LogP) is 3.17. The van der Waals surface area contributed by atoms with Crippen molar-refractivity contribution in [3.63, 3.8) is 0 Å². The molecule has 7 nitrogen and oxygen atoms in total. The van der Waals surface area contributed by atoms with Crippen LogP contribution in [0.4, 0.5) is 0 Å². The Bertz CT molecular complexity index is 896. The summed E-state index contributed by atoms with van der Waals surface area (Å²) in [5, 5.41) is 13.4. The number of benzene rings is 1. The molecule has 0 aliphatic carbocycles. The summed E-state index contributed by atoms with van der Waals surface area (Å²) in [6.07, 6.45) is 2.03. The number of tetrazole rings is 1. The Morgan fingerprint density at radius 3 is 3.00 bits per heavy atom. The maximum Gasteiger partial charge on any atom is 0.316 e. The van der Waals surface area contributed by atoms with E-state index in [-0.39, 0.29) is 18.3 Å². The van der Waals surface area contributed by atoms with E-state index >= 15 is 0 Å². The van der Waals surface area contributed by atoms with Gasteiger partial charge < -0.3 is 4.74 Å². The number of aryl methyl sites for hydroxylation is 2. The van der Waals surface area contributed by atoms with E-state index in [9.17, 15) is 4.79 Å². The number of nitrogens with zero attached hydrogens (tertiary/aromatic N) is 5. The molecular weight excluding hydrogens is 350 g/mol. The quantitative estimate of drug-likeness (QED) is 0.444. The summed E-state index contributed by atoms with van der Waals surface area (Å²) in [6, 6.07) is 9.96. The Labute approximate surface area is 156 Å². The second kappa shape index (κ2) is 8.75. The molecule has 0 N–H and O–H groups in total. The van der Waals surface area contributed by atoms with Crippen LogP contribution in [0.25, 0.3) is 10.9 Å². The molecule has 0 radical (unpaired) electrons. The first-order valence-corrected chi connectivity index (χ1v) is 9.55. The first-order valence-electron chi connectivity index (χ1n) is 8.57. The third kappa shape index (κ3) is 4.57. The van der Waals surface area contributed by atoms with Crippen molar-refractivity contribution in [1.29, 1.82) is 0 Å². The van der Waals surface area contributed by atoms with Gasteiger partial charge in [-0.05, 0) is 41.5 Å². The second-order valence-corrected chi connectivity index (χ2v) is 6.91. The largest absolute Gasteiger partial charge is 0.457 e. The van der Waals surface area contributed by atoms with Gasteiger partial charge in [0.1, 0.15) is 0 Å². The first kappa shape index (κ1) is 18.3. The Morgan fingerprint density at radius 1 is 1.31 bits per heavy atom. The van der Waals surface area contributed by atoms with E-state index in [0.29, 0.717) is 5.82 Å². The second-order valence-electron chi connectivity index (χ2n) is 5.92. The van der Waals surface area contributed by atoms with E-state index in [4.69, 9.17) is 4.74 Å². The molecule has 0 atom stereocenters. The molecule has 136 valence electrons. The number of aromatic nitrogens is 5. The van der Waals surface area contributed by atoms with Crippen LogP contribution in [-0.4, -0.2) is 36.9 Å². The molecule has 2 aromatic heterocycles. The Morgan fingerprint density at radius 2 is 2.15 bits per heavy atom. The zero-order chi connectivity index (χ0) is 18.4.